The van der Waals surface area contributed by atoms with E-state index in [0.29, 0.717) is 22.0 Å². The average Bonchev–Trinajstić information content (AvgIpc) is 3.41. The lowest BCUT2D eigenvalue weighted by Crippen LogP contribution is -2.20. The van der Waals surface area contributed by atoms with Gasteiger partial charge in [0, 0.05) is 15.1 Å². The van der Waals surface area contributed by atoms with E-state index in [0.717, 1.165) is 52.7 Å². The summed E-state index contributed by atoms with van der Waals surface area (Å²) >= 11 is 3.15. The third-order valence-corrected chi connectivity index (χ3v) is 8.68. The summed E-state index contributed by atoms with van der Waals surface area (Å²) in [6.07, 6.45) is 5.18. The third-order valence-electron chi connectivity index (χ3n) is 6.49. The number of fused-ring (bicyclic) bond motifs is 2. The fraction of sp³-hybridized carbons (Fsp3) is 0.296. The maximum Gasteiger partial charge on any atom is 0.257 e. The van der Waals surface area contributed by atoms with E-state index in [4.69, 9.17) is 10.7 Å². The Hall–Kier alpha value is -3.03. The van der Waals surface area contributed by atoms with Gasteiger partial charge >= 0.3 is 0 Å². The Balaban J connectivity index is 1.54. The molecule has 1 unspecified atom stereocenters. The van der Waals surface area contributed by atoms with Crippen molar-refractivity contribution in [2.45, 2.75) is 46.0 Å². The van der Waals surface area contributed by atoms with E-state index in [2.05, 4.69) is 25.2 Å². The Morgan fingerprint density at radius 1 is 1.18 bits per heavy atom. The molecule has 0 radical (unpaired) electrons. The monoisotopic (exact) mass is 489 g/mol. The van der Waals surface area contributed by atoms with Crippen molar-refractivity contribution in [3.8, 4) is 10.6 Å². The quantitative estimate of drug-likeness (QED) is 0.320. The van der Waals surface area contributed by atoms with Crippen molar-refractivity contribution < 1.29 is 9.59 Å². The fourth-order valence-electron chi connectivity index (χ4n) is 4.89. The molecule has 2 amide bonds. The summed E-state index contributed by atoms with van der Waals surface area (Å²) in [7, 11) is 0. The van der Waals surface area contributed by atoms with Crippen molar-refractivity contribution in [1.82, 2.24) is 4.98 Å². The van der Waals surface area contributed by atoms with Crippen LogP contribution in [0.3, 0.4) is 0 Å². The first kappa shape index (κ1) is 22.7. The number of aromatic nitrogens is 1. The zero-order valence-electron chi connectivity index (χ0n) is 19.3. The lowest BCUT2D eigenvalue weighted by atomic mass is 9.84. The van der Waals surface area contributed by atoms with Gasteiger partial charge in [-0.3, -0.25) is 9.59 Å². The van der Waals surface area contributed by atoms with E-state index in [9.17, 15) is 9.59 Å². The number of nitrogens with two attached hydrogens (primary N) is 1. The first-order valence-electron chi connectivity index (χ1n) is 11.7. The first-order chi connectivity index (χ1) is 16.4. The Morgan fingerprint density at radius 2 is 2.00 bits per heavy atom. The molecule has 1 atom stereocenters. The van der Waals surface area contributed by atoms with Gasteiger partial charge in [0.15, 0.2) is 0 Å². The summed E-state index contributed by atoms with van der Waals surface area (Å²) in [4.78, 5) is 34.2. The number of amides is 2. The van der Waals surface area contributed by atoms with Crippen LogP contribution in [0.4, 0.5) is 5.00 Å². The van der Waals surface area contributed by atoms with Crippen LogP contribution in [0.2, 0.25) is 0 Å². The van der Waals surface area contributed by atoms with Gasteiger partial charge in [0.2, 0.25) is 0 Å². The standard InChI is InChI=1S/C27H27N3O2S2/c1-3-6-16-10-11-18-23(13-16)34-27(24(18)25(28)31)30-26(32)19-14-21(22-12-9-15(2)33-22)29-20-8-5-4-7-17(19)20/h4-5,7-9,12,14,16H,3,6,10-11,13H2,1-2H3,(H2,28,31)(H,30,32). The number of aryl methyl sites for hydroxylation is 1. The van der Waals surface area contributed by atoms with Crippen LogP contribution in [-0.4, -0.2) is 16.8 Å². The SMILES string of the molecule is CCCC1CCc2c(sc(NC(=O)c3cc(-c4ccc(C)s4)nc4ccccc34)c2C(N)=O)C1. The maximum atomic E-state index is 13.6. The molecule has 0 aliphatic heterocycles. The number of nitrogens with zero attached hydrogens (tertiary/aromatic N) is 1. The molecule has 1 aliphatic carbocycles. The van der Waals surface area contributed by atoms with Crippen molar-refractivity contribution in [2.24, 2.45) is 11.7 Å². The summed E-state index contributed by atoms with van der Waals surface area (Å²) in [6, 6.07) is 13.6. The highest BCUT2D eigenvalue weighted by atomic mass is 32.1. The molecule has 4 aromatic rings. The van der Waals surface area contributed by atoms with E-state index in [-0.39, 0.29) is 5.91 Å². The molecule has 1 aliphatic rings. The Bertz CT molecular complexity index is 1400. The molecule has 7 heteroatoms. The molecule has 5 nitrogen and oxygen atoms in total. The van der Waals surface area contributed by atoms with Gasteiger partial charge in [0.1, 0.15) is 5.00 Å². The molecule has 3 heterocycles. The molecule has 0 saturated heterocycles. The molecule has 0 fully saturated rings. The van der Waals surface area contributed by atoms with Crippen LogP contribution in [0.5, 0.6) is 0 Å². The van der Waals surface area contributed by atoms with Gasteiger partial charge in [-0.05, 0) is 61.9 Å². The van der Waals surface area contributed by atoms with Gasteiger partial charge < -0.3 is 11.1 Å². The van der Waals surface area contributed by atoms with Crippen molar-refractivity contribution in [3.05, 3.63) is 68.9 Å². The maximum absolute atomic E-state index is 13.6. The van der Waals surface area contributed by atoms with Crippen LogP contribution in [0, 0.1) is 12.8 Å². The Labute approximate surface area is 207 Å². The number of primary amides is 1. The van der Waals surface area contributed by atoms with Crippen LogP contribution in [0.1, 0.15) is 62.2 Å². The second-order valence-corrected chi connectivity index (χ2v) is 11.3. The van der Waals surface area contributed by atoms with E-state index < -0.39 is 5.91 Å². The largest absolute Gasteiger partial charge is 0.365 e. The normalized spacial score (nSPS) is 15.3. The lowest BCUT2D eigenvalue weighted by molar-refractivity contribution is 0.1000. The Morgan fingerprint density at radius 3 is 2.74 bits per heavy atom. The molecule has 174 valence electrons. The second kappa shape index (κ2) is 9.31. The predicted octanol–water partition coefficient (Wildman–Crippen LogP) is 6.59. The first-order valence-corrected chi connectivity index (χ1v) is 13.3. The van der Waals surface area contributed by atoms with Gasteiger partial charge in [-0.2, -0.15) is 0 Å². The van der Waals surface area contributed by atoms with Crippen LogP contribution in [-0.2, 0) is 12.8 Å². The number of hydrogen-bond donors (Lipinski definition) is 2. The summed E-state index contributed by atoms with van der Waals surface area (Å²) in [5, 5.41) is 4.39. The summed E-state index contributed by atoms with van der Waals surface area (Å²) < 4.78 is 0. The molecular weight excluding hydrogens is 462 g/mol. The van der Waals surface area contributed by atoms with Gasteiger partial charge in [-0.1, -0.05) is 38.0 Å². The van der Waals surface area contributed by atoms with Crippen molar-refractivity contribution in [1.29, 1.82) is 0 Å². The minimum absolute atomic E-state index is 0.251. The highest BCUT2D eigenvalue weighted by Gasteiger charge is 2.29. The van der Waals surface area contributed by atoms with E-state index in [1.54, 1.807) is 11.3 Å². The van der Waals surface area contributed by atoms with Crippen molar-refractivity contribution in [2.75, 3.05) is 5.32 Å². The zero-order valence-corrected chi connectivity index (χ0v) is 20.9. The number of anilines is 1. The lowest BCUT2D eigenvalue weighted by Gasteiger charge is -2.21. The molecule has 5 rings (SSSR count). The van der Waals surface area contributed by atoms with Gasteiger partial charge in [0.25, 0.3) is 11.8 Å². The second-order valence-electron chi connectivity index (χ2n) is 8.91. The van der Waals surface area contributed by atoms with Crippen molar-refractivity contribution in [3.63, 3.8) is 0 Å². The molecule has 3 aromatic heterocycles. The summed E-state index contributed by atoms with van der Waals surface area (Å²) in [5.41, 5.74) is 9.37. The minimum atomic E-state index is -0.476. The number of hydrogen-bond acceptors (Lipinski definition) is 5. The number of pyridine rings is 1. The topological polar surface area (TPSA) is 85.1 Å². The highest BCUT2D eigenvalue weighted by Crippen LogP contribution is 2.41. The fourth-order valence-corrected chi connectivity index (χ4v) is 7.08. The van der Waals surface area contributed by atoms with Crippen LogP contribution in [0.25, 0.3) is 21.5 Å². The van der Waals surface area contributed by atoms with Gasteiger partial charge in [-0.15, -0.1) is 22.7 Å². The molecule has 3 N–H and O–H groups in total. The number of para-hydroxylation sites is 1. The predicted molar refractivity (Wildman–Crippen MR) is 141 cm³/mol. The summed E-state index contributed by atoms with van der Waals surface area (Å²) in [6.45, 7) is 4.26. The van der Waals surface area contributed by atoms with Crippen LogP contribution < -0.4 is 11.1 Å². The smallest absolute Gasteiger partial charge is 0.257 e. The van der Waals surface area contributed by atoms with E-state index in [1.165, 1.54) is 27.5 Å². The van der Waals surface area contributed by atoms with Crippen molar-refractivity contribution >= 4 is 50.4 Å². The molecule has 1 aromatic carbocycles. The number of rotatable bonds is 6. The number of carbonyl (C=O) groups is 2. The molecule has 34 heavy (non-hydrogen) atoms. The van der Waals surface area contributed by atoms with Gasteiger partial charge in [0.05, 0.1) is 27.2 Å². The van der Waals surface area contributed by atoms with Crippen LogP contribution >= 0.6 is 22.7 Å². The molecule has 0 bridgehead atoms. The van der Waals surface area contributed by atoms with E-state index >= 15 is 0 Å². The molecule has 0 spiro atoms. The molecule has 0 saturated carbocycles. The Kier molecular flexibility index (Phi) is 6.23. The number of nitrogens with one attached hydrogen (secondary N) is 1. The number of thiophene rings is 2. The summed E-state index contributed by atoms with van der Waals surface area (Å²) in [5.74, 6) is -0.100. The third kappa shape index (κ3) is 4.26. The number of benzene rings is 1. The molecular formula is C27H27N3O2S2. The number of carbonyl (C=O) groups excluding carboxylic acids is 2. The van der Waals surface area contributed by atoms with E-state index in [1.807, 2.05) is 36.4 Å². The van der Waals surface area contributed by atoms with Crippen LogP contribution in [0.15, 0.2) is 42.5 Å². The highest BCUT2D eigenvalue weighted by molar-refractivity contribution is 7.17. The van der Waals surface area contributed by atoms with Gasteiger partial charge in [-0.25, -0.2) is 4.98 Å². The average molecular weight is 490 g/mol. The minimum Gasteiger partial charge on any atom is -0.365 e. The zero-order chi connectivity index (χ0) is 23.8.